The highest BCUT2D eigenvalue weighted by molar-refractivity contribution is 7.99. The van der Waals surface area contributed by atoms with Crippen LogP contribution in [0, 0.1) is 5.82 Å². The van der Waals surface area contributed by atoms with E-state index in [1.54, 1.807) is 12.1 Å². The summed E-state index contributed by atoms with van der Waals surface area (Å²) in [5.74, 6) is 2.45. The van der Waals surface area contributed by atoms with Crippen molar-refractivity contribution in [2.75, 3.05) is 23.4 Å². The summed E-state index contributed by atoms with van der Waals surface area (Å²) in [5, 5.41) is 6.08. The van der Waals surface area contributed by atoms with Gasteiger partial charge in [0.1, 0.15) is 11.6 Å². The predicted octanol–water partition coefficient (Wildman–Crippen LogP) is 4.07. The van der Waals surface area contributed by atoms with Crippen LogP contribution in [-0.2, 0) is 4.79 Å². The zero-order valence-corrected chi connectivity index (χ0v) is 15.2. The molecule has 1 saturated heterocycles. The van der Waals surface area contributed by atoms with Crippen molar-refractivity contribution in [3.05, 3.63) is 54.3 Å². The van der Waals surface area contributed by atoms with Gasteiger partial charge in [-0.3, -0.25) is 4.79 Å². The van der Waals surface area contributed by atoms with E-state index in [9.17, 15) is 9.18 Å². The summed E-state index contributed by atoms with van der Waals surface area (Å²) in [6.45, 7) is 0.908. The van der Waals surface area contributed by atoms with Gasteiger partial charge in [0.15, 0.2) is 5.75 Å². The number of para-hydroxylation sites is 1. The Balaban J connectivity index is 0.00000225. The van der Waals surface area contributed by atoms with Gasteiger partial charge >= 0.3 is 0 Å². The van der Waals surface area contributed by atoms with Crippen LogP contribution >= 0.6 is 24.2 Å². The van der Waals surface area contributed by atoms with Crippen LogP contribution in [0.2, 0.25) is 0 Å². The Kier molecular flexibility index (Phi) is 7.55. The van der Waals surface area contributed by atoms with Gasteiger partial charge in [0, 0.05) is 36.6 Å². The molecule has 1 aliphatic rings. The fourth-order valence-corrected chi connectivity index (χ4v) is 3.43. The van der Waals surface area contributed by atoms with Gasteiger partial charge in [-0.05, 0) is 24.3 Å². The molecule has 1 unspecified atom stereocenters. The fourth-order valence-electron chi connectivity index (χ4n) is 2.48. The van der Waals surface area contributed by atoms with E-state index in [1.165, 1.54) is 18.2 Å². The molecule has 134 valence electrons. The number of nitrogens with one attached hydrogen (secondary N) is 2. The Hall–Kier alpha value is -1.76. The largest absolute Gasteiger partial charge is 0.455 e. The molecule has 4 nitrogen and oxygen atoms in total. The number of anilines is 1. The van der Waals surface area contributed by atoms with Crippen molar-refractivity contribution in [2.45, 2.75) is 12.5 Å². The monoisotopic (exact) mass is 382 g/mol. The van der Waals surface area contributed by atoms with Crippen molar-refractivity contribution in [2.24, 2.45) is 0 Å². The van der Waals surface area contributed by atoms with Gasteiger partial charge in [0.05, 0.1) is 5.69 Å². The van der Waals surface area contributed by atoms with Crippen molar-refractivity contribution >= 4 is 35.8 Å². The van der Waals surface area contributed by atoms with Crippen LogP contribution in [0.15, 0.2) is 48.5 Å². The van der Waals surface area contributed by atoms with E-state index < -0.39 is 5.82 Å². The minimum absolute atomic E-state index is 0. The highest BCUT2D eigenvalue weighted by atomic mass is 35.5. The van der Waals surface area contributed by atoms with Crippen LogP contribution < -0.4 is 15.4 Å². The van der Waals surface area contributed by atoms with Crippen molar-refractivity contribution in [1.82, 2.24) is 5.32 Å². The Morgan fingerprint density at radius 3 is 2.80 bits per heavy atom. The number of amides is 1. The summed E-state index contributed by atoms with van der Waals surface area (Å²) in [6.07, 6.45) is 0.355. The molecule has 0 radical (unpaired) electrons. The standard InChI is InChI=1S/C18H19FN2O2S.ClH/c19-13-6-7-17(23-15-4-2-1-3-5-15)16(10-13)21-18(22)11-14-12-24-9-8-20-14;/h1-7,10,14,20H,8-9,11-12H2,(H,21,22);1H. The number of thioether (sulfide) groups is 1. The molecule has 1 amide bonds. The second kappa shape index (κ2) is 9.65. The zero-order valence-electron chi connectivity index (χ0n) is 13.5. The fraction of sp³-hybridized carbons (Fsp3) is 0.278. The number of ether oxygens (including phenoxy) is 1. The minimum atomic E-state index is -0.419. The molecule has 2 N–H and O–H groups in total. The zero-order chi connectivity index (χ0) is 16.8. The lowest BCUT2D eigenvalue weighted by atomic mass is 10.2. The predicted molar refractivity (Wildman–Crippen MR) is 103 cm³/mol. The van der Waals surface area contributed by atoms with Crippen molar-refractivity contribution in [1.29, 1.82) is 0 Å². The van der Waals surface area contributed by atoms with Crippen LogP contribution in [0.4, 0.5) is 10.1 Å². The SMILES string of the molecule is Cl.O=C(CC1CSCCN1)Nc1cc(F)ccc1Oc1ccccc1. The van der Waals surface area contributed by atoms with Crippen LogP contribution in [-0.4, -0.2) is 30.0 Å². The number of hydrogen-bond donors (Lipinski definition) is 2. The van der Waals surface area contributed by atoms with Gasteiger partial charge in [0.2, 0.25) is 5.91 Å². The van der Waals surface area contributed by atoms with E-state index in [2.05, 4.69) is 10.6 Å². The first kappa shape index (κ1) is 19.6. The molecule has 0 aromatic heterocycles. The summed E-state index contributed by atoms with van der Waals surface area (Å²) in [6, 6.07) is 13.5. The lowest BCUT2D eigenvalue weighted by Gasteiger charge is -2.22. The van der Waals surface area contributed by atoms with Gasteiger partial charge in [-0.1, -0.05) is 18.2 Å². The molecule has 7 heteroatoms. The maximum atomic E-state index is 13.6. The summed E-state index contributed by atoms with van der Waals surface area (Å²) in [4.78, 5) is 12.3. The van der Waals surface area contributed by atoms with Crippen molar-refractivity contribution in [3.8, 4) is 11.5 Å². The van der Waals surface area contributed by atoms with Crippen molar-refractivity contribution < 1.29 is 13.9 Å². The molecule has 0 bridgehead atoms. The highest BCUT2D eigenvalue weighted by Crippen LogP contribution is 2.30. The lowest BCUT2D eigenvalue weighted by Crippen LogP contribution is -2.39. The molecule has 25 heavy (non-hydrogen) atoms. The summed E-state index contributed by atoms with van der Waals surface area (Å²) in [7, 11) is 0. The van der Waals surface area contributed by atoms with Gasteiger partial charge in [-0.2, -0.15) is 11.8 Å². The Labute approximate surface area is 156 Å². The molecule has 1 atom stereocenters. The van der Waals surface area contributed by atoms with Crippen LogP contribution in [0.3, 0.4) is 0 Å². The third-order valence-electron chi connectivity index (χ3n) is 3.62. The van der Waals surface area contributed by atoms with Gasteiger partial charge in [-0.15, -0.1) is 12.4 Å². The first-order valence-corrected chi connectivity index (χ1v) is 8.99. The lowest BCUT2D eigenvalue weighted by molar-refractivity contribution is -0.116. The molecular weight excluding hydrogens is 363 g/mol. The summed E-state index contributed by atoms with van der Waals surface area (Å²) >= 11 is 1.83. The minimum Gasteiger partial charge on any atom is -0.455 e. The Morgan fingerprint density at radius 1 is 1.28 bits per heavy atom. The summed E-state index contributed by atoms with van der Waals surface area (Å²) < 4.78 is 19.3. The molecule has 2 aromatic carbocycles. The Morgan fingerprint density at radius 2 is 2.08 bits per heavy atom. The number of carbonyl (C=O) groups is 1. The second-order valence-corrected chi connectivity index (χ2v) is 6.68. The van der Waals surface area contributed by atoms with Crippen LogP contribution in [0.25, 0.3) is 0 Å². The molecule has 1 fully saturated rings. The topological polar surface area (TPSA) is 50.4 Å². The maximum absolute atomic E-state index is 13.6. The number of benzene rings is 2. The van der Waals surface area contributed by atoms with E-state index in [0.29, 0.717) is 23.6 Å². The molecule has 1 heterocycles. The average molecular weight is 383 g/mol. The Bertz CT molecular complexity index is 697. The van der Waals surface area contributed by atoms with E-state index in [-0.39, 0.29) is 24.4 Å². The van der Waals surface area contributed by atoms with Gasteiger partial charge < -0.3 is 15.4 Å². The summed E-state index contributed by atoms with van der Waals surface area (Å²) in [5.41, 5.74) is 0.340. The molecule has 1 aliphatic heterocycles. The van der Waals surface area contributed by atoms with E-state index >= 15 is 0 Å². The van der Waals surface area contributed by atoms with E-state index in [0.717, 1.165) is 18.1 Å². The first-order valence-electron chi connectivity index (χ1n) is 7.84. The number of carbonyl (C=O) groups excluding carboxylic acids is 1. The molecule has 2 aromatic rings. The number of hydrogen-bond acceptors (Lipinski definition) is 4. The average Bonchev–Trinajstić information content (AvgIpc) is 2.59. The van der Waals surface area contributed by atoms with E-state index in [4.69, 9.17) is 4.74 Å². The van der Waals surface area contributed by atoms with Crippen LogP contribution in [0.5, 0.6) is 11.5 Å². The molecular formula is C18H20ClFN2O2S. The number of halogens is 2. The molecule has 3 rings (SSSR count). The third kappa shape index (κ3) is 5.92. The molecule has 0 aliphatic carbocycles. The first-order chi connectivity index (χ1) is 11.7. The third-order valence-corrected chi connectivity index (χ3v) is 4.75. The van der Waals surface area contributed by atoms with Crippen LogP contribution in [0.1, 0.15) is 6.42 Å². The normalized spacial score (nSPS) is 16.6. The molecule has 0 spiro atoms. The highest BCUT2D eigenvalue weighted by Gasteiger charge is 2.18. The van der Waals surface area contributed by atoms with Gasteiger partial charge in [-0.25, -0.2) is 4.39 Å². The van der Waals surface area contributed by atoms with Crippen molar-refractivity contribution in [3.63, 3.8) is 0 Å². The second-order valence-electron chi connectivity index (χ2n) is 5.53. The van der Waals surface area contributed by atoms with E-state index in [1.807, 2.05) is 30.0 Å². The smallest absolute Gasteiger partial charge is 0.226 e. The quantitative estimate of drug-likeness (QED) is 0.818. The maximum Gasteiger partial charge on any atom is 0.226 e. The van der Waals surface area contributed by atoms with Gasteiger partial charge in [0.25, 0.3) is 0 Å². The molecule has 0 saturated carbocycles. The number of rotatable bonds is 5.